The average Bonchev–Trinajstić information content (AvgIpc) is 4.16. The summed E-state index contributed by atoms with van der Waals surface area (Å²) in [6.07, 6.45) is 19.8. The normalized spacial score (nSPS) is 26.2. The van der Waals surface area contributed by atoms with Crippen LogP contribution in [-0.2, 0) is 27.1 Å². The van der Waals surface area contributed by atoms with Crippen LogP contribution in [0.15, 0.2) is 156 Å². The van der Waals surface area contributed by atoms with Crippen LogP contribution in [0, 0.1) is 12.8 Å². The molecule has 0 saturated heterocycles. The lowest BCUT2D eigenvalue weighted by Crippen LogP contribution is -2.59. The van der Waals surface area contributed by atoms with E-state index in [0.717, 1.165) is 12.8 Å². The maximum atomic E-state index is 2.92. The summed E-state index contributed by atoms with van der Waals surface area (Å²) in [5, 5.41) is 0. The van der Waals surface area contributed by atoms with Gasteiger partial charge in [0.25, 0.3) is 0 Å². The predicted octanol–water partition coefficient (Wildman–Crippen LogP) is 16.7. The molecule has 4 heteroatoms. The first-order chi connectivity index (χ1) is 34.6. The number of rotatable bonds is 5. The maximum Gasteiger partial charge on any atom is 0.247 e. The molecular formula is C69H78BN3. The molecule has 0 amide bonds. The molecule has 2 heterocycles. The molecule has 5 aromatic carbocycles. The van der Waals surface area contributed by atoms with Gasteiger partial charge in [0.15, 0.2) is 0 Å². The third-order valence-corrected chi connectivity index (χ3v) is 19.9. The summed E-state index contributed by atoms with van der Waals surface area (Å²) in [7, 11) is 0. The molecule has 73 heavy (non-hydrogen) atoms. The summed E-state index contributed by atoms with van der Waals surface area (Å²) in [5.74, 6) is 1.02. The standard InChI is InChI=1S/C69H78BN3/c1-43-36-52-54(67(9,10)34-32-65(52,5)6)41-57(43)72-58-42-55-53(66(7,8)33-35-68(55,11)12)40-56(58)70-61-49-25-19-18-24-48(49)50-39-51(50)63(61)71(45-28-26-44(27-29-45)64(2,3)4)59-37-47(38-60(72)62(59)70)73(46-22-16-14-17-23-46)69(13)30-20-15-21-31-69/h14-30,36,38,40-42,50-51,59H,31-35,37,39H2,1-13H3. The Balaban J connectivity index is 1.18. The average molecular weight is 960 g/mol. The third-order valence-electron chi connectivity index (χ3n) is 19.9. The van der Waals surface area contributed by atoms with Crippen molar-refractivity contribution in [2.75, 3.05) is 14.7 Å². The molecule has 8 aliphatic rings. The van der Waals surface area contributed by atoms with Gasteiger partial charge in [-0.15, -0.1) is 0 Å². The fourth-order valence-electron chi connectivity index (χ4n) is 15.3. The Morgan fingerprint density at radius 3 is 1.88 bits per heavy atom. The predicted molar refractivity (Wildman–Crippen MR) is 311 cm³/mol. The highest BCUT2D eigenvalue weighted by atomic mass is 15.3. The van der Waals surface area contributed by atoms with Gasteiger partial charge in [-0.05, 0) is 189 Å². The van der Waals surface area contributed by atoms with Crippen molar-refractivity contribution in [3.63, 3.8) is 0 Å². The van der Waals surface area contributed by atoms with Crippen molar-refractivity contribution in [1.82, 2.24) is 0 Å². The number of hydrogen-bond acceptors (Lipinski definition) is 3. The number of aryl methyl sites for hydroxylation is 1. The first-order valence-corrected chi connectivity index (χ1v) is 28.1. The van der Waals surface area contributed by atoms with Gasteiger partial charge in [0, 0.05) is 52.2 Å². The lowest BCUT2D eigenvalue weighted by atomic mass is 9.29. The Morgan fingerprint density at radius 2 is 1.25 bits per heavy atom. The van der Waals surface area contributed by atoms with Crippen molar-refractivity contribution in [3.8, 4) is 0 Å². The van der Waals surface area contributed by atoms with Crippen molar-refractivity contribution in [3.05, 3.63) is 201 Å². The van der Waals surface area contributed by atoms with Gasteiger partial charge >= 0.3 is 0 Å². The van der Waals surface area contributed by atoms with Gasteiger partial charge in [0.2, 0.25) is 6.71 Å². The Kier molecular flexibility index (Phi) is 10.1. The van der Waals surface area contributed by atoms with Gasteiger partial charge in [0.05, 0.1) is 11.6 Å². The minimum Gasteiger partial charge on any atom is -0.338 e. The van der Waals surface area contributed by atoms with E-state index in [1.807, 2.05) is 0 Å². The zero-order chi connectivity index (χ0) is 50.9. The smallest absolute Gasteiger partial charge is 0.247 e. The molecule has 1 saturated carbocycles. The summed E-state index contributed by atoms with van der Waals surface area (Å²) in [6.45, 7) is 32.1. The summed E-state index contributed by atoms with van der Waals surface area (Å²) in [6, 6.07) is 41.7. The van der Waals surface area contributed by atoms with Crippen LogP contribution in [0.4, 0.5) is 22.7 Å². The van der Waals surface area contributed by atoms with Gasteiger partial charge in [-0.2, -0.15) is 0 Å². The zero-order valence-corrected chi connectivity index (χ0v) is 46.3. The monoisotopic (exact) mass is 960 g/mol. The lowest BCUT2D eigenvalue weighted by molar-refractivity contribution is 0.331. The molecule has 0 aromatic heterocycles. The van der Waals surface area contributed by atoms with Gasteiger partial charge in [-0.3, -0.25) is 0 Å². The van der Waals surface area contributed by atoms with E-state index >= 15 is 0 Å². The SMILES string of the molecule is Cc1cc2c(cc1N1C3=C4B(C5=C(C6CC6c6ccccc65)N(c5ccc(C(C)(C)C)cc5)C4CC(N(c4ccccc4)C4(C)C=CC=CC4)=C3)c3cc4c(cc31)C(C)(C)CCC4(C)C)C(C)(C)CCC2(C)C. The van der Waals surface area contributed by atoms with E-state index in [1.165, 1.54) is 105 Å². The second-order valence-corrected chi connectivity index (χ2v) is 27.7. The van der Waals surface area contributed by atoms with Crippen LogP contribution in [0.1, 0.15) is 178 Å². The van der Waals surface area contributed by atoms with Crippen molar-refractivity contribution < 1.29 is 0 Å². The first-order valence-electron chi connectivity index (χ1n) is 28.1. The van der Waals surface area contributed by atoms with Crippen molar-refractivity contribution in [2.45, 2.75) is 180 Å². The Bertz CT molecular complexity index is 3310. The van der Waals surface area contributed by atoms with Crippen LogP contribution < -0.4 is 20.2 Å². The van der Waals surface area contributed by atoms with E-state index in [-0.39, 0.29) is 45.4 Å². The summed E-state index contributed by atoms with van der Waals surface area (Å²) in [5.41, 5.74) is 26.1. The highest BCUT2D eigenvalue weighted by Gasteiger charge is 2.59. The fraction of sp³-hybridized carbons (Fsp3) is 0.420. The summed E-state index contributed by atoms with van der Waals surface area (Å²) < 4.78 is 0. The molecule has 6 aliphatic carbocycles. The highest BCUT2D eigenvalue weighted by Crippen LogP contribution is 2.64. The molecule has 372 valence electrons. The van der Waals surface area contributed by atoms with E-state index in [2.05, 4.69) is 238 Å². The van der Waals surface area contributed by atoms with E-state index in [9.17, 15) is 0 Å². The molecule has 0 spiro atoms. The summed E-state index contributed by atoms with van der Waals surface area (Å²) in [4.78, 5) is 8.50. The van der Waals surface area contributed by atoms with Crippen LogP contribution in [0.5, 0.6) is 0 Å². The summed E-state index contributed by atoms with van der Waals surface area (Å²) >= 11 is 0. The molecule has 4 unspecified atom stereocenters. The van der Waals surface area contributed by atoms with Crippen LogP contribution in [-0.4, -0.2) is 18.3 Å². The number of anilines is 4. The lowest BCUT2D eigenvalue weighted by Gasteiger charge is -2.55. The van der Waals surface area contributed by atoms with Crippen LogP contribution in [0.25, 0.3) is 5.47 Å². The fourth-order valence-corrected chi connectivity index (χ4v) is 15.3. The number of nitrogens with zero attached hydrogens (tertiary/aromatic N) is 3. The molecule has 4 atom stereocenters. The van der Waals surface area contributed by atoms with E-state index < -0.39 is 0 Å². The molecule has 1 fully saturated rings. The largest absolute Gasteiger partial charge is 0.338 e. The van der Waals surface area contributed by atoms with Crippen molar-refractivity contribution in [1.29, 1.82) is 0 Å². The Morgan fingerprint density at radius 1 is 0.644 bits per heavy atom. The number of allylic oxidation sites excluding steroid dienone is 4. The van der Waals surface area contributed by atoms with E-state index in [4.69, 9.17) is 0 Å². The molecule has 3 nitrogen and oxygen atoms in total. The number of para-hydroxylation sites is 1. The number of fused-ring (bicyclic) bond motifs is 10. The molecule has 0 radical (unpaired) electrons. The Labute approximate surface area is 439 Å². The minimum atomic E-state index is -0.271. The van der Waals surface area contributed by atoms with Gasteiger partial charge in [-0.25, -0.2) is 0 Å². The number of benzene rings is 5. The van der Waals surface area contributed by atoms with E-state index in [1.54, 1.807) is 27.8 Å². The molecule has 0 bridgehead atoms. The zero-order valence-electron chi connectivity index (χ0n) is 46.3. The van der Waals surface area contributed by atoms with E-state index in [0.29, 0.717) is 11.8 Å². The van der Waals surface area contributed by atoms with Gasteiger partial charge in [0.1, 0.15) is 0 Å². The van der Waals surface area contributed by atoms with Gasteiger partial charge < -0.3 is 14.7 Å². The quantitative estimate of drug-likeness (QED) is 0.163. The van der Waals surface area contributed by atoms with Crippen molar-refractivity contribution in [2.24, 2.45) is 5.92 Å². The molecule has 5 aromatic rings. The van der Waals surface area contributed by atoms with Crippen LogP contribution in [0.2, 0.25) is 0 Å². The van der Waals surface area contributed by atoms with Gasteiger partial charge in [-0.1, -0.05) is 167 Å². The van der Waals surface area contributed by atoms with Crippen molar-refractivity contribution >= 4 is 40.4 Å². The molecule has 0 N–H and O–H groups in total. The second kappa shape index (κ2) is 15.7. The van der Waals surface area contributed by atoms with Crippen LogP contribution >= 0.6 is 0 Å². The minimum absolute atomic E-state index is 0.0401. The Hall–Kier alpha value is -5.74. The molecular weight excluding hydrogens is 882 g/mol. The first kappa shape index (κ1) is 47.0. The highest BCUT2D eigenvalue weighted by molar-refractivity contribution is 6.97. The molecule has 2 aliphatic heterocycles. The molecule has 13 rings (SSSR count). The maximum absolute atomic E-state index is 2.92. The second-order valence-electron chi connectivity index (χ2n) is 27.7. The van der Waals surface area contributed by atoms with Crippen LogP contribution in [0.3, 0.4) is 0 Å². The third kappa shape index (κ3) is 7.03. The number of hydrogen-bond donors (Lipinski definition) is 0. The topological polar surface area (TPSA) is 9.72 Å².